The molecular weight excluding hydrogens is 290 g/mol. The Morgan fingerprint density at radius 3 is 2.57 bits per heavy atom. The van der Waals surface area contributed by atoms with Crippen molar-refractivity contribution in [3.05, 3.63) is 35.4 Å². The summed E-state index contributed by atoms with van der Waals surface area (Å²) in [5, 5.41) is 11.7. The fraction of sp³-hybridized carbons (Fsp3) is 0.467. The van der Waals surface area contributed by atoms with Crippen molar-refractivity contribution in [3.63, 3.8) is 0 Å². The summed E-state index contributed by atoms with van der Waals surface area (Å²) in [5.74, 6) is -1.25. The molecule has 0 spiro atoms. The van der Waals surface area contributed by atoms with Gasteiger partial charge in [-0.3, -0.25) is 9.00 Å². The first-order valence-electron chi connectivity index (χ1n) is 6.77. The van der Waals surface area contributed by atoms with Crippen LogP contribution in [0.4, 0.5) is 0 Å². The Morgan fingerprint density at radius 1 is 1.38 bits per heavy atom. The van der Waals surface area contributed by atoms with Gasteiger partial charge in [-0.1, -0.05) is 32.4 Å². The van der Waals surface area contributed by atoms with Crippen molar-refractivity contribution >= 4 is 22.7 Å². The number of carboxylic acids is 1. The highest BCUT2D eigenvalue weighted by Crippen LogP contribution is 2.11. The average molecular weight is 311 g/mol. The Morgan fingerprint density at radius 2 is 2.05 bits per heavy atom. The second kappa shape index (κ2) is 7.93. The molecule has 0 saturated carbocycles. The van der Waals surface area contributed by atoms with Crippen LogP contribution in [0, 0.1) is 5.92 Å². The second-order valence-corrected chi connectivity index (χ2v) is 6.53. The van der Waals surface area contributed by atoms with Crippen molar-refractivity contribution < 1.29 is 18.9 Å². The first kappa shape index (κ1) is 17.4. The number of benzene rings is 1. The van der Waals surface area contributed by atoms with Crippen LogP contribution in [0.25, 0.3) is 0 Å². The van der Waals surface area contributed by atoms with E-state index in [1.54, 1.807) is 37.4 Å². The van der Waals surface area contributed by atoms with Crippen molar-refractivity contribution in [3.8, 4) is 0 Å². The largest absolute Gasteiger partial charge is 0.480 e. The van der Waals surface area contributed by atoms with Gasteiger partial charge in [0.15, 0.2) is 0 Å². The summed E-state index contributed by atoms with van der Waals surface area (Å²) in [6.07, 6.45) is 2.25. The van der Waals surface area contributed by atoms with Gasteiger partial charge in [0, 0.05) is 28.4 Å². The number of aliphatic carboxylic acids is 1. The SMILES string of the molecule is CC[C@H](C)[C@H](NC(=O)c1cccc(CS(C)=O)c1)C(=O)O. The molecule has 0 aromatic heterocycles. The zero-order valence-electron chi connectivity index (χ0n) is 12.5. The summed E-state index contributed by atoms with van der Waals surface area (Å²) in [7, 11) is -0.991. The van der Waals surface area contributed by atoms with Crippen LogP contribution < -0.4 is 5.32 Å². The molecule has 0 heterocycles. The highest BCUT2D eigenvalue weighted by molar-refractivity contribution is 7.83. The Kier molecular flexibility index (Phi) is 6.55. The third kappa shape index (κ3) is 5.30. The van der Waals surface area contributed by atoms with Crippen molar-refractivity contribution in [1.29, 1.82) is 0 Å². The molecule has 21 heavy (non-hydrogen) atoms. The van der Waals surface area contributed by atoms with Crippen molar-refractivity contribution in [2.24, 2.45) is 5.92 Å². The van der Waals surface area contributed by atoms with E-state index in [-0.39, 0.29) is 5.92 Å². The van der Waals surface area contributed by atoms with Crippen LogP contribution in [0.2, 0.25) is 0 Å². The van der Waals surface area contributed by atoms with E-state index in [9.17, 15) is 18.9 Å². The van der Waals surface area contributed by atoms with E-state index in [2.05, 4.69) is 5.32 Å². The van der Waals surface area contributed by atoms with E-state index in [1.165, 1.54) is 0 Å². The molecule has 0 fully saturated rings. The maximum Gasteiger partial charge on any atom is 0.326 e. The van der Waals surface area contributed by atoms with E-state index in [4.69, 9.17) is 0 Å². The van der Waals surface area contributed by atoms with Gasteiger partial charge in [0.25, 0.3) is 5.91 Å². The average Bonchev–Trinajstić information content (AvgIpc) is 2.42. The fourth-order valence-electron chi connectivity index (χ4n) is 1.94. The highest BCUT2D eigenvalue weighted by Gasteiger charge is 2.25. The Hall–Kier alpha value is -1.69. The molecule has 5 nitrogen and oxygen atoms in total. The molecule has 116 valence electrons. The zero-order chi connectivity index (χ0) is 16.0. The first-order valence-corrected chi connectivity index (χ1v) is 8.50. The van der Waals surface area contributed by atoms with Crippen LogP contribution in [-0.4, -0.2) is 33.5 Å². The van der Waals surface area contributed by atoms with E-state index in [0.29, 0.717) is 17.7 Å². The summed E-state index contributed by atoms with van der Waals surface area (Å²) in [6.45, 7) is 3.67. The molecule has 6 heteroatoms. The number of hydrogen-bond donors (Lipinski definition) is 2. The van der Waals surface area contributed by atoms with Crippen molar-refractivity contribution in [2.45, 2.75) is 32.1 Å². The molecule has 0 aliphatic carbocycles. The maximum absolute atomic E-state index is 12.2. The minimum absolute atomic E-state index is 0.155. The van der Waals surface area contributed by atoms with Crippen LogP contribution in [0.15, 0.2) is 24.3 Å². The topological polar surface area (TPSA) is 83.5 Å². The molecule has 1 aromatic carbocycles. The van der Waals surface area contributed by atoms with Crippen molar-refractivity contribution in [2.75, 3.05) is 6.26 Å². The first-order chi connectivity index (χ1) is 9.85. The third-order valence-corrected chi connectivity index (χ3v) is 4.06. The maximum atomic E-state index is 12.2. The molecule has 0 saturated heterocycles. The van der Waals surface area contributed by atoms with Crippen LogP contribution in [0.3, 0.4) is 0 Å². The summed E-state index contributed by atoms with van der Waals surface area (Å²) in [5.41, 5.74) is 1.17. The normalized spacial score (nSPS) is 15.0. The molecule has 1 amide bonds. The minimum Gasteiger partial charge on any atom is -0.480 e. The lowest BCUT2D eigenvalue weighted by atomic mass is 9.99. The Balaban J connectivity index is 2.87. The molecule has 1 aromatic rings. The van der Waals surface area contributed by atoms with Crippen LogP contribution in [0.1, 0.15) is 36.2 Å². The predicted molar refractivity (Wildman–Crippen MR) is 82.6 cm³/mol. The smallest absolute Gasteiger partial charge is 0.326 e. The minimum atomic E-state index is -1.04. The molecule has 3 atom stereocenters. The van der Waals surface area contributed by atoms with Gasteiger partial charge < -0.3 is 10.4 Å². The quantitative estimate of drug-likeness (QED) is 0.804. The number of carboxylic acid groups (broad SMARTS) is 1. The van der Waals surface area contributed by atoms with Gasteiger partial charge in [-0.2, -0.15) is 0 Å². The summed E-state index contributed by atoms with van der Waals surface area (Å²) >= 11 is 0. The highest BCUT2D eigenvalue weighted by atomic mass is 32.2. The lowest BCUT2D eigenvalue weighted by Crippen LogP contribution is -2.45. The van der Waals surface area contributed by atoms with Gasteiger partial charge in [0.1, 0.15) is 6.04 Å². The number of hydrogen-bond acceptors (Lipinski definition) is 3. The van der Waals surface area contributed by atoms with Gasteiger partial charge >= 0.3 is 5.97 Å². The summed E-state index contributed by atoms with van der Waals surface area (Å²) in [4.78, 5) is 23.4. The van der Waals surface area contributed by atoms with E-state index in [0.717, 1.165) is 5.56 Å². The van der Waals surface area contributed by atoms with Gasteiger partial charge in [-0.15, -0.1) is 0 Å². The molecule has 0 bridgehead atoms. The molecule has 0 aliphatic rings. The lowest BCUT2D eigenvalue weighted by Gasteiger charge is -2.20. The molecule has 0 aliphatic heterocycles. The second-order valence-electron chi connectivity index (χ2n) is 5.09. The van der Waals surface area contributed by atoms with Crippen molar-refractivity contribution in [1.82, 2.24) is 5.32 Å². The van der Waals surface area contributed by atoms with Crippen LogP contribution >= 0.6 is 0 Å². The summed E-state index contributed by atoms with van der Waals surface area (Å²) < 4.78 is 11.2. The molecule has 0 radical (unpaired) electrons. The fourth-order valence-corrected chi connectivity index (χ4v) is 2.59. The Labute approximate surface area is 127 Å². The lowest BCUT2D eigenvalue weighted by molar-refractivity contribution is -0.140. The number of carbonyl (C=O) groups excluding carboxylic acids is 1. The molecule has 1 rings (SSSR count). The van der Waals surface area contributed by atoms with E-state index >= 15 is 0 Å². The van der Waals surface area contributed by atoms with Gasteiger partial charge in [-0.25, -0.2) is 4.79 Å². The Bertz CT molecular complexity index is 544. The van der Waals surface area contributed by atoms with Gasteiger partial charge in [-0.05, 0) is 23.6 Å². The predicted octanol–water partition coefficient (Wildman–Crippen LogP) is 1.79. The van der Waals surface area contributed by atoms with Gasteiger partial charge in [0.2, 0.25) is 0 Å². The number of nitrogens with one attached hydrogen (secondary N) is 1. The third-order valence-electron chi connectivity index (χ3n) is 3.32. The number of amides is 1. The van der Waals surface area contributed by atoms with Gasteiger partial charge in [0.05, 0.1) is 0 Å². The molecule has 1 unspecified atom stereocenters. The summed E-state index contributed by atoms with van der Waals surface area (Å²) in [6, 6.07) is 5.85. The monoisotopic (exact) mass is 311 g/mol. The van der Waals surface area contributed by atoms with Crippen LogP contribution in [-0.2, 0) is 21.3 Å². The van der Waals surface area contributed by atoms with E-state index < -0.39 is 28.7 Å². The van der Waals surface area contributed by atoms with E-state index in [1.807, 2.05) is 6.92 Å². The number of carbonyl (C=O) groups is 2. The molecule has 2 N–H and O–H groups in total. The standard InChI is InChI=1S/C15H21NO4S/c1-4-10(2)13(15(18)19)16-14(17)12-7-5-6-11(8-12)9-21(3)20/h5-8,10,13H,4,9H2,1-3H3,(H,16,17)(H,18,19)/t10-,13-,21?/m0/s1. The zero-order valence-corrected chi connectivity index (χ0v) is 13.3. The molecular formula is C15H21NO4S. The number of rotatable bonds is 7. The van der Waals surface area contributed by atoms with Crippen LogP contribution in [0.5, 0.6) is 0 Å².